The van der Waals surface area contributed by atoms with Crippen molar-refractivity contribution in [2.45, 2.75) is 20.4 Å². The van der Waals surface area contributed by atoms with Crippen molar-refractivity contribution < 1.29 is 26.3 Å². The van der Waals surface area contributed by atoms with E-state index in [4.69, 9.17) is 0 Å². The Balaban J connectivity index is 0.00000196. The minimum absolute atomic E-state index is 0. The third kappa shape index (κ3) is 3.54. The van der Waals surface area contributed by atoms with Gasteiger partial charge in [-0.3, -0.25) is 4.79 Å². The van der Waals surface area contributed by atoms with Crippen molar-refractivity contribution in [3.05, 3.63) is 89.7 Å². The number of nitrogens with zero attached hydrogens (tertiary/aromatic N) is 1. The quantitative estimate of drug-likeness (QED) is 0.289. The van der Waals surface area contributed by atoms with E-state index in [1.807, 2.05) is 41.1 Å². The molecule has 26 heavy (non-hydrogen) atoms. The number of hydrogen-bond acceptors (Lipinski definition) is 1. The highest BCUT2D eigenvalue weighted by atomic mass is 79.9. The molecule has 3 aromatic carbocycles. The van der Waals surface area contributed by atoms with Crippen LogP contribution in [0.2, 0.25) is 0 Å². The molecule has 2 nitrogen and oxygen atoms in total. The Bertz CT molecular complexity index is 1100. The molecule has 0 N–H and O–H groups in total. The number of hydrogen-bond donors (Lipinski definition) is 0. The molecular formula is C23H20BrNO. The van der Waals surface area contributed by atoms with Crippen LogP contribution >= 0.6 is 0 Å². The van der Waals surface area contributed by atoms with Crippen molar-refractivity contribution >= 4 is 27.3 Å². The Hall–Kier alpha value is -2.52. The minimum Gasteiger partial charge on any atom is -1.00 e. The SMILES string of the molecule is Cc1cc2cc3cc[n+](CC(=O)c4ccccc4)cc3cc2cc1C.[Br-]. The number of halogens is 1. The van der Waals surface area contributed by atoms with Gasteiger partial charge in [0.25, 0.3) is 0 Å². The predicted molar refractivity (Wildman–Crippen MR) is 102 cm³/mol. The molecule has 4 rings (SSSR count). The predicted octanol–water partition coefficient (Wildman–Crippen LogP) is 1.78. The average molecular weight is 406 g/mol. The average Bonchev–Trinajstić information content (AvgIpc) is 2.62. The van der Waals surface area contributed by atoms with E-state index in [0.29, 0.717) is 6.54 Å². The number of aromatic nitrogens is 1. The summed E-state index contributed by atoms with van der Waals surface area (Å²) in [5.74, 6) is 0.122. The monoisotopic (exact) mass is 405 g/mol. The minimum atomic E-state index is 0. The van der Waals surface area contributed by atoms with Crippen LogP contribution in [0.15, 0.2) is 73.1 Å². The lowest BCUT2D eigenvalue weighted by Gasteiger charge is -2.06. The fourth-order valence-corrected chi connectivity index (χ4v) is 3.25. The van der Waals surface area contributed by atoms with Crippen molar-refractivity contribution in [2.24, 2.45) is 0 Å². The summed E-state index contributed by atoms with van der Waals surface area (Å²) in [7, 11) is 0. The number of carbonyl (C=O) groups is 1. The number of ketones is 1. The molecule has 130 valence electrons. The highest BCUT2D eigenvalue weighted by molar-refractivity contribution is 5.98. The van der Waals surface area contributed by atoms with E-state index in [1.54, 1.807) is 0 Å². The van der Waals surface area contributed by atoms with Crippen LogP contribution in [-0.4, -0.2) is 5.78 Å². The van der Waals surface area contributed by atoms with Crippen LogP contribution in [0.3, 0.4) is 0 Å². The van der Waals surface area contributed by atoms with Gasteiger partial charge in [0.2, 0.25) is 12.3 Å². The standard InChI is InChI=1S/C23H20NO.BrH/c1-16-10-20-12-19-8-9-24(14-22(19)13-21(20)11-17(16)2)15-23(25)18-6-4-3-5-7-18;/h3-14H,15H2,1-2H3;1H/q+1;/p-1. The van der Waals surface area contributed by atoms with Gasteiger partial charge in [0.15, 0.2) is 12.4 Å². The lowest BCUT2D eigenvalue weighted by Crippen LogP contribution is -3.00. The van der Waals surface area contributed by atoms with E-state index in [-0.39, 0.29) is 22.8 Å². The van der Waals surface area contributed by atoms with Gasteiger partial charge in [0.05, 0.1) is 0 Å². The van der Waals surface area contributed by atoms with Crippen LogP contribution in [0.5, 0.6) is 0 Å². The lowest BCUT2D eigenvalue weighted by molar-refractivity contribution is -0.681. The molecule has 1 aromatic heterocycles. The van der Waals surface area contributed by atoms with Crippen LogP contribution < -0.4 is 21.5 Å². The lowest BCUT2D eigenvalue weighted by atomic mass is 10.00. The van der Waals surface area contributed by atoms with Gasteiger partial charge in [-0.1, -0.05) is 42.5 Å². The van der Waals surface area contributed by atoms with Gasteiger partial charge in [-0.2, -0.15) is 4.57 Å². The maximum Gasteiger partial charge on any atom is 0.227 e. The molecule has 0 bridgehead atoms. The first kappa shape index (κ1) is 18.3. The molecule has 0 aliphatic rings. The Morgan fingerprint density at radius 3 is 2.08 bits per heavy atom. The molecule has 0 saturated heterocycles. The van der Waals surface area contributed by atoms with Gasteiger partial charge >= 0.3 is 0 Å². The topological polar surface area (TPSA) is 20.9 Å². The Morgan fingerprint density at radius 2 is 1.42 bits per heavy atom. The molecule has 0 unspecified atom stereocenters. The van der Waals surface area contributed by atoms with Crippen LogP contribution in [0.4, 0.5) is 0 Å². The second-order valence-corrected chi connectivity index (χ2v) is 6.67. The third-order valence-electron chi connectivity index (χ3n) is 4.83. The van der Waals surface area contributed by atoms with E-state index in [2.05, 4.69) is 50.4 Å². The van der Waals surface area contributed by atoms with Crippen molar-refractivity contribution in [2.75, 3.05) is 0 Å². The summed E-state index contributed by atoms with van der Waals surface area (Å²) in [5.41, 5.74) is 3.36. The highest BCUT2D eigenvalue weighted by Crippen LogP contribution is 2.24. The van der Waals surface area contributed by atoms with Gasteiger partial charge in [-0.05, 0) is 53.3 Å². The summed E-state index contributed by atoms with van der Waals surface area (Å²) in [6.07, 6.45) is 4.04. The van der Waals surface area contributed by atoms with Gasteiger partial charge in [-0.25, -0.2) is 0 Å². The van der Waals surface area contributed by atoms with Gasteiger partial charge in [0.1, 0.15) is 0 Å². The van der Waals surface area contributed by atoms with E-state index in [0.717, 1.165) is 10.9 Å². The zero-order valence-electron chi connectivity index (χ0n) is 14.9. The zero-order chi connectivity index (χ0) is 17.4. The van der Waals surface area contributed by atoms with Crippen molar-refractivity contribution in [1.29, 1.82) is 0 Å². The number of pyridine rings is 1. The number of fused-ring (bicyclic) bond motifs is 2. The molecule has 0 saturated carbocycles. The number of benzene rings is 3. The Morgan fingerprint density at radius 1 is 0.808 bits per heavy atom. The van der Waals surface area contributed by atoms with Crippen LogP contribution in [0.1, 0.15) is 21.5 Å². The molecule has 3 heteroatoms. The summed E-state index contributed by atoms with van der Waals surface area (Å²) in [4.78, 5) is 12.4. The first-order chi connectivity index (χ1) is 12.1. The fourth-order valence-electron chi connectivity index (χ4n) is 3.25. The normalized spacial score (nSPS) is 10.7. The molecule has 4 aromatic rings. The van der Waals surface area contributed by atoms with Crippen LogP contribution in [-0.2, 0) is 6.54 Å². The molecule has 0 atom stereocenters. The summed E-state index contributed by atoms with van der Waals surface area (Å²) < 4.78 is 1.96. The summed E-state index contributed by atoms with van der Waals surface area (Å²) >= 11 is 0. The van der Waals surface area contributed by atoms with Gasteiger partial charge < -0.3 is 17.0 Å². The first-order valence-electron chi connectivity index (χ1n) is 8.52. The number of carbonyl (C=O) groups excluding carboxylic acids is 1. The van der Waals surface area contributed by atoms with E-state index >= 15 is 0 Å². The van der Waals surface area contributed by atoms with Gasteiger partial charge in [0, 0.05) is 17.0 Å². The molecule has 0 fully saturated rings. The van der Waals surface area contributed by atoms with Crippen LogP contribution in [0.25, 0.3) is 21.5 Å². The van der Waals surface area contributed by atoms with Crippen molar-refractivity contribution in [1.82, 2.24) is 0 Å². The number of rotatable bonds is 3. The second-order valence-electron chi connectivity index (χ2n) is 6.67. The van der Waals surface area contributed by atoms with Gasteiger partial charge in [-0.15, -0.1) is 0 Å². The van der Waals surface area contributed by atoms with Crippen LogP contribution in [0, 0.1) is 13.8 Å². The largest absolute Gasteiger partial charge is 1.00 e. The van der Waals surface area contributed by atoms with Crippen molar-refractivity contribution in [3.63, 3.8) is 0 Å². The zero-order valence-corrected chi connectivity index (χ0v) is 16.5. The third-order valence-corrected chi connectivity index (χ3v) is 4.83. The second kappa shape index (κ2) is 7.38. The van der Waals surface area contributed by atoms with E-state index in [1.165, 1.54) is 27.3 Å². The molecule has 0 aliphatic carbocycles. The van der Waals surface area contributed by atoms with Crippen molar-refractivity contribution in [3.8, 4) is 0 Å². The van der Waals surface area contributed by atoms with E-state index in [9.17, 15) is 4.79 Å². The molecule has 0 aliphatic heterocycles. The fraction of sp³-hybridized carbons (Fsp3) is 0.130. The molecule has 1 heterocycles. The summed E-state index contributed by atoms with van der Waals surface area (Å²) in [5, 5.41) is 4.84. The molecule has 0 radical (unpaired) electrons. The maximum atomic E-state index is 12.4. The number of Topliss-reactive ketones (excluding diaryl/α,β-unsaturated/α-hetero) is 1. The summed E-state index contributed by atoms with van der Waals surface area (Å²) in [6.45, 7) is 4.64. The molecule has 0 spiro atoms. The Labute approximate surface area is 163 Å². The maximum absolute atomic E-state index is 12.4. The highest BCUT2D eigenvalue weighted by Gasteiger charge is 2.12. The summed E-state index contributed by atoms with van der Waals surface area (Å²) in [6, 6.07) is 20.4. The Kier molecular flexibility index (Phi) is 5.19. The number of aryl methyl sites for hydroxylation is 2. The first-order valence-corrected chi connectivity index (χ1v) is 8.52. The smallest absolute Gasteiger partial charge is 0.227 e. The van der Waals surface area contributed by atoms with E-state index < -0.39 is 0 Å². The molecule has 0 amide bonds. The molecular weight excluding hydrogens is 386 g/mol.